The SMILES string of the molecule is CC1=CC(=O)N(c2cccc(N3C(=O)C=C(C)C3=O)c2N2C(=O)C=C(C)C2=O)C1=O. The summed E-state index contributed by atoms with van der Waals surface area (Å²) in [6.07, 6.45) is 3.37. The topological polar surface area (TPSA) is 112 Å². The van der Waals surface area contributed by atoms with Gasteiger partial charge in [0.25, 0.3) is 35.4 Å². The molecule has 3 aliphatic rings. The molecule has 9 nitrogen and oxygen atoms in total. The van der Waals surface area contributed by atoms with Gasteiger partial charge in [0.15, 0.2) is 0 Å². The zero-order valence-corrected chi connectivity index (χ0v) is 16.3. The highest BCUT2D eigenvalue weighted by molar-refractivity contribution is 6.38. The molecule has 30 heavy (non-hydrogen) atoms. The first-order valence-electron chi connectivity index (χ1n) is 8.96. The normalized spacial score (nSPS) is 19.3. The first-order chi connectivity index (χ1) is 14.1. The first-order valence-corrected chi connectivity index (χ1v) is 8.96. The van der Waals surface area contributed by atoms with Crippen LogP contribution in [0.3, 0.4) is 0 Å². The van der Waals surface area contributed by atoms with Gasteiger partial charge in [-0.15, -0.1) is 0 Å². The lowest BCUT2D eigenvalue weighted by atomic mass is 10.1. The molecular formula is C21H15N3O6. The molecule has 3 aliphatic heterocycles. The highest BCUT2D eigenvalue weighted by atomic mass is 16.2. The molecule has 1 aromatic rings. The van der Waals surface area contributed by atoms with Crippen LogP contribution in [0.2, 0.25) is 0 Å². The van der Waals surface area contributed by atoms with Gasteiger partial charge in [0.1, 0.15) is 5.69 Å². The highest BCUT2D eigenvalue weighted by Gasteiger charge is 2.41. The molecular weight excluding hydrogens is 390 g/mol. The van der Waals surface area contributed by atoms with Gasteiger partial charge < -0.3 is 0 Å². The largest absolute Gasteiger partial charge is 0.269 e. The number of amides is 6. The van der Waals surface area contributed by atoms with E-state index in [9.17, 15) is 28.8 Å². The average Bonchev–Trinajstić information content (AvgIpc) is 3.19. The van der Waals surface area contributed by atoms with Crippen molar-refractivity contribution >= 4 is 52.5 Å². The molecule has 9 heteroatoms. The Morgan fingerprint density at radius 2 is 0.867 bits per heavy atom. The van der Waals surface area contributed by atoms with Gasteiger partial charge in [0.05, 0.1) is 11.4 Å². The molecule has 150 valence electrons. The first kappa shape index (κ1) is 19.2. The fourth-order valence-electron chi connectivity index (χ4n) is 3.54. The zero-order valence-electron chi connectivity index (χ0n) is 16.3. The predicted molar refractivity (Wildman–Crippen MR) is 105 cm³/mol. The van der Waals surface area contributed by atoms with E-state index in [0.717, 1.165) is 32.9 Å². The van der Waals surface area contributed by atoms with Gasteiger partial charge in [0, 0.05) is 34.9 Å². The third kappa shape index (κ3) is 2.55. The lowest BCUT2D eigenvalue weighted by Gasteiger charge is -2.28. The Morgan fingerprint density at radius 1 is 0.533 bits per heavy atom. The summed E-state index contributed by atoms with van der Waals surface area (Å²) in [5.74, 6) is -3.97. The van der Waals surface area contributed by atoms with E-state index >= 15 is 0 Å². The number of nitrogens with zero attached hydrogens (tertiary/aromatic N) is 3. The Morgan fingerprint density at radius 3 is 1.17 bits per heavy atom. The van der Waals surface area contributed by atoms with Crippen LogP contribution in [0.15, 0.2) is 53.1 Å². The maximum Gasteiger partial charge on any atom is 0.261 e. The van der Waals surface area contributed by atoms with Gasteiger partial charge in [0.2, 0.25) is 0 Å². The summed E-state index contributed by atoms with van der Waals surface area (Å²) in [4.78, 5) is 77.9. The van der Waals surface area contributed by atoms with E-state index in [1.54, 1.807) is 0 Å². The third-order valence-corrected chi connectivity index (χ3v) is 5.00. The standard InChI is InChI=1S/C21H15N3O6/c1-10-7-15(25)22(19(10)28)13-5-4-6-14(23-16(26)8-11(2)20(23)29)18(13)24-17(27)9-12(3)21(24)30/h4-9H,1-3H3. The Kier molecular flexibility index (Phi) is 4.12. The van der Waals surface area contributed by atoms with Gasteiger partial charge >= 0.3 is 0 Å². The maximum atomic E-state index is 12.7. The van der Waals surface area contributed by atoms with E-state index < -0.39 is 35.4 Å². The van der Waals surface area contributed by atoms with Crippen molar-refractivity contribution in [3.05, 3.63) is 53.1 Å². The van der Waals surface area contributed by atoms with Gasteiger partial charge in [-0.05, 0) is 32.9 Å². The van der Waals surface area contributed by atoms with Crippen molar-refractivity contribution in [3.8, 4) is 0 Å². The lowest BCUT2D eigenvalue weighted by molar-refractivity contribution is -0.122. The Labute approximate surface area is 170 Å². The summed E-state index contributed by atoms with van der Waals surface area (Å²) in [6.45, 7) is 4.36. The highest BCUT2D eigenvalue weighted by Crippen LogP contribution is 2.43. The molecule has 3 heterocycles. The van der Waals surface area contributed by atoms with Gasteiger partial charge in [-0.2, -0.15) is 0 Å². The number of para-hydroxylation sites is 1. The number of carbonyl (C=O) groups is 6. The molecule has 0 atom stereocenters. The number of imide groups is 3. The van der Waals surface area contributed by atoms with Crippen LogP contribution >= 0.6 is 0 Å². The predicted octanol–water partition coefficient (Wildman–Crippen LogP) is 1.15. The number of hydrogen-bond acceptors (Lipinski definition) is 6. The molecule has 1 aromatic carbocycles. The molecule has 0 aromatic heterocycles. The monoisotopic (exact) mass is 405 g/mol. The summed E-state index contributed by atoms with van der Waals surface area (Å²) < 4.78 is 0. The summed E-state index contributed by atoms with van der Waals surface area (Å²) >= 11 is 0. The number of rotatable bonds is 3. The summed E-state index contributed by atoms with van der Waals surface area (Å²) in [6, 6.07) is 4.18. The minimum atomic E-state index is -0.709. The van der Waals surface area contributed by atoms with Crippen molar-refractivity contribution in [2.45, 2.75) is 20.8 Å². The fraction of sp³-hybridized carbons (Fsp3) is 0.143. The van der Waals surface area contributed by atoms with Crippen LogP contribution in [0.1, 0.15) is 20.8 Å². The number of hydrogen-bond donors (Lipinski definition) is 0. The van der Waals surface area contributed by atoms with Crippen molar-refractivity contribution in [3.63, 3.8) is 0 Å². The van der Waals surface area contributed by atoms with Crippen LogP contribution in [0.4, 0.5) is 17.1 Å². The molecule has 4 rings (SSSR count). The summed E-state index contributed by atoms with van der Waals surface area (Å²) in [5.41, 5.74) is 0.153. The average molecular weight is 405 g/mol. The molecule has 0 fully saturated rings. The minimum Gasteiger partial charge on any atom is -0.269 e. The van der Waals surface area contributed by atoms with Crippen molar-refractivity contribution in [1.82, 2.24) is 0 Å². The van der Waals surface area contributed by atoms with E-state index in [-0.39, 0.29) is 33.8 Å². The van der Waals surface area contributed by atoms with Crippen LogP contribution in [-0.2, 0) is 28.8 Å². The van der Waals surface area contributed by atoms with Crippen molar-refractivity contribution in [2.75, 3.05) is 14.7 Å². The minimum absolute atomic E-state index is 0.0782. The molecule has 0 spiro atoms. The van der Waals surface area contributed by atoms with Crippen LogP contribution < -0.4 is 14.7 Å². The molecule has 6 amide bonds. The van der Waals surface area contributed by atoms with Crippen molar-refractivity contribution in [2.24, 2.45) is 0 Å². The van der Waals surface area contributed by atoms with Crippen LogP contribution in [-0.4, -0.2) is 35.4 Å². The number of benzene rings is 1. The van der Waals surface area contributed by atoms with Gasteiger partial charge in [-0.3, -0.25) is 28.8 Å². The smallest absolute Gasteiger partial charge is 0.261 e. The van der Waals surface area contributed by atoms with Crippen molar-refractivity contribution in [1.29, 1.82) is 0 Å². The lowest BCUT2D eigenvalue weighted by Crippen LogP contribution is -2.39. The molecule has 0 unspecified atom stereocenters. The molecule has 0 N–H and O–H groups in total. The van der Waals surface area contributed by atoms with Crippen LogP contribution in [0, 0.1) is 0 Å². The second-order valence-corrected chi connectivity index (χ2v) is 7.06. The van der Waals surface area contributed by atoms with E-state index in [2.05, 4.69) is 0 Å². The van der Waals surface area contributed by atoms with Gasteiger partial charge in [-0.25, -0.2) is 14.7 Å². The summed E-state index contributed by atoms with van der Waals surface area (Å²) in [5, 5.41) is 0. The molecule has 0 saturated carbocycles. The number of carbonyl (C=O) groups excluding carboxylic acids is 6. The van der Waals surface area contributed by atoms with E-state index in [1.807, 2.05) is 0 Å². The molecule has 0 saturated heterocycles. The number of anilines is 3. The second-order valence-electron chi connectivity index (χ2n) is 7.06. The van der Waals surface area contributed by atoms with E-state index in [1.165, 1.54) is 39.0 Å². The Hall–Kier alpha value is -4.14. The quantitative estimate of drug-likeness (QED) is 0.697. The van der Waals surface area contributed by atoms with E-state index in [4.69, 9.17) is 0 Å². The molecule has 0 radical (unpaired) electrons. The van der Waals surface area contributed by atoms with Crippen molar-refractivity contribution < 1.29 is 28.8 Å². The van der Waals surface area contributed by atoms with E-state index in [0.29, 0.717) is 0 Å². The Balaban J connectivity index is 1.97. The summed E-state index contributed by atoms with van der Waals surface area (Å²) in [7, 11) is 0. The maximum absolute atomic E-state index is 12.7. The van der Waals surface area contributed by atoms with Crippen LogP contribution in [0.25, 0.3) is 0 Å². The second kappa shape index (κ2) is 6.45. The van der Waals surface area contributed by atoms with Gasteiger partial charge in [-0.1, -0.05) is 6.07 Å². The molecule has 0 aliphatic carbocycles. The fourth-order valence-corrected chi connectivity index (χ4v) is 3.54. The van der Waals surface area contributed by atoms with Crippen LogP contribution in [0.5, 0.6) is 0 Å². The third-order valence-electron chi connectivity index (χ3n) is 5.00. The zero-order chi connectivity index (χ0) is 21.9. The molecule has 0 bridgehead atoms. The Bertz CT molecular complexity index is 1140.